The monoisotopic (exact) mass is 317 g/mol. The van der Waals surface area contributed by atoms with Gasteiger partial charge in [0.15, 0.2) is 0 Å². The number of hydrogen-bond acceptors (Lipinski definition) is 2. The van der Waals surface area contributed by atoms with Crippen LogP contribution in [0.15, 0.2) is 42.5 Å². The zero-order valence-electron chi connectivity index (χ0n) is 12.1. The molecular weight excluding hydrogens is 298 g/mol. The molecule has 0 unspecified atom stereocenters. The predicted molar refractivity (Wildman–Crippen MR) is 93.2 cm³/mol. The van der Waals surface area contributed by atoms with Gasteiger partial charge in [-0.25, -0.2) is 0 Å². The molecule has 2 aromatic rings. The van der Waals surface area contributed by atoms with Gasteiger partial charge in [-0.1, -0.05) is 48.0 Å². The first-order valence-electron chi connectivity index (χ1n) is 7.46. The van der Waals surface area contributed by atoms with Gasteiger partial charge >= 0.3 is 0 Å². The lowest BCUT2D eigenvalue weighted by molar-refractivity contribution is 0.710. The Morgan fingerprint density at radius 1 is 0.952 bits per heavy atom. The fourth-order valence-electron chi connectivity index (χ4n) is 2.82. The molecule has 1 aliphatic rings. The van der Waals surface area contributed by atoms with E-state index in [1.165, 1.54) is 22.3 Å². The maximum absolute atomic E-state index is 6.46. The SMILES string of the molecule is Clc1ccc2c(c1CSCc1ccccc1)CCNCC2. The molecule has 1 heterocycles. The number of benzene rings is 2. The molecule has 0 bridgehead atoms. The summed E-state index contributed by atoms with van der Waals surface area (Å²) in [5.74, 6) is 2.04. The Labute approximate surface area is 136 Å². The average molecular weight is 318 g/mol. The van der Waals surface area contributed by atoms with E-state index in [0.29, 0.717) is 0 Å². The summed E-state index contributed by atoms with van der Waals surface area (Å²) in [4.78, 5) is 0. The number of hydrogen-bond donors (Lipinski definition) is 1. The third-order valence-corrected chi connectivity index (χ3v) is 5.34. The highest BCUT2D eigenvalue weighted by molar-refractivity contribution is 7.97. The Bertz CT molecular complexity index is 598. The van der Waals surface area contributed by atoms with E-state index in [1.807, 2.05) is 11.8 Å². The van der Waals surface area contributed by atoms with Gasteiger partial charge in [-0.05, 0) is 54.3 Å². The van der Waals surface area contributed by atoms with E-state index < -0.39 is 0 Å². The molecule has 0 aromatic heterocycles. The van der Waals surface area contributed by atoms with Crippen molar-refractivity contribution in [2.45, 2.75) is 24.3 Å². The molecule has 1 nitrogen and oxygen atoms in total. The first kappa shape index (κ1) is 15.0. The second kappa shape index (κ2) is 7.35. The Hall–Kier alpha value is -0.960. The van der Waals surface area contributed by atoms with E-state index >= 15 is 0 Å². The second-order valence-corrected chi connectivity index (χ2v) is 6.78. The van der Waals surface area contributed by atoms with Crippen LogP contribution >= 0.6 is 23.4 Å². The number of nitrogens with one attached hydrogen (secondary N) is 1. The summed E-state index contributed by atoms with van der Waals surface area (Å²) >= 11 is 8.41. The molecular formula is C18H20ClNS. The van der Waals surface area contributed by atoms with Crippen molar-refractivity contribution in [3.05, 3.63) is 69.7 Å². The first-order valence-corrected chi connectivity index (χ1v) is 8.99. The van der Waals surface area contributed by atoms with Crippen LogP contribution in [0.25, 0.3) is 0 Å². The fourth-order valence-corrected chi connectivity index (χ4v) is 4.21. The van der Waals surface area contributed by atoms with Crippen LogP contribution in [-0.4, -0.2) is 13.1 Å². The minimum atomic E-state index is 0.927. The van der Waals surface area contributed by atoms with Gasteiger partial charge in [-0.3, -0.25) is 0 Å². The molecule has 0 atom stereocenters. The lowest BCUT2D eigenvalue weighted by Gasteiger charge is -2.14. The van der Waals surface area contributed by atoms with Gasteiger partial charge in [0, 0.05) is 16.5 Å². The molecule has 0 saturated heterocycles. The molecule has 21 heavy (non-hydrogen) atoms. The Morgan fingerprint density at radius 2 is 1.76 bits per heavy atom. The molecule has 1 aliphatic heterocycles. The number of rotatable bonds is 4. The van der Waals surface area contributed by atoms with Crippen molar-refractivity contribution in [3.8, 4) is 0 Å². The predicted octanol–water partition coefficient (Wildman–Crippen LogP) is 4.46. The van der Waals surface area contributed by atoms with E-state index in [2.05, 4.69) is 47.8 Å². The maximum Gasteiger partial charge on any atom is 0.0449 e. The van der Waals surface area contributed by atoms with E-state index in [1.54, 1.807) is 0 Å². The Balaban J connectivity index is 1.72. The minimum absolute atomic E-state index is 0.927. The van der Waals surface area contributed by atoms with Crippen LogP contribution in [0.1, 0.15) is 22.3 Å². The summed E-state index contributed by atoms with van der Waals surface area (Å²) in [6.07, 6.45) is 2.21. The Kier molecular flexibility index (Phi) is 5.23. The summed E-state index contributed by atoms with van der Waals surface area (Å²) in [7, 11) is 0. The van der Waals surface area contributed by atoms with E-state index in [0.717, 1.165) is 42.5 Å². The average Bonchev–Trinajstić information content (AvgIpc) is 2.76. The topological polar surface area (TPSA) is 12.0 Å². The molecule has 0 amide bonds. The summed E-state index contributed by atoms with van der Waals surface area (Å²) in [6.45, 7) is 2.13. The van der Waals surface area contributed by atoms with Crippen molar-refractivity contribution in [2.24, 2.45) is 0 Å². The maximum atomic E-state index is 6.46. The fraction of sp³-hybridized carbons (Fsp3) is 0.333. The molecule has 0 fully saturated rings. The third-order valence-electron chi connectivity index (χ3n) is 3.95. The van der Waals surface area contributed by atoms with Crippen LogP contribution in [0.2, 0.25) is 5.02 Å². The quantitative estimate of drug-likeness (QED) is 0.893. The largest absolute Gasteiger partial charge is 0.316 e. The van der Waals surface area contributed by atoms with Gasteiger partial charge in [0.05, 0.1) is 0 Å². The normalized spacial score (nSPS) is 14.5. The van der Waals surface area contributed by atoms with Crippen LogP contribution in [-0.2, 0) is 24.3 Å². The van der Waals surface area contributed by atoms with Crippen molar-refractivity contribution in [1.82, 2.24) is 5.32 Å². The van der Waals surface area contributed by atoms with Crippen LogP contribution in [0.5, 0.6) is 0 Å². The van der Waals surface area contributed by atoms with E-state index in [9.17, 15) is 0 Å². The van der Waals surface area contributed by atoms with Crippen LogP contribution in [0.3, 0.4) is 0 Å². The van der Waals surface area contributed by atoms with Crippen molar-refractivity contribution in [2.75, 3.05) is 13.1 Å². The van der Waals surface area contributed by atoms with Gasteiger partial charge in [0.25, 0.3) is 0 Å². The van der Waals surface area contributed by atoms with Crippen LogP contribution in [0.4, 0.5) is 0 Å². The van der Waals surface area contributed by atoms with Gasteiger partial charge in [0.2, 0.25) is 0 Å². The van der Waals surface area contributed by atoms with Crippen molar-refractivity contribution in [3.63, 3.8) is 0 Å². The summed E-state index contributed by atoms with van der Waals surface area (Å²) in [5.41, 5.74) is 5.67. The standard InChI is InChI=1S/C18H20ClNS/c19-18-7-6-15-8-10-20-11-9-16(15)17(18)13-21-12-14-4-2-1-3-5-14/h1-7,20H,8-13H2. The Morgan fingerprint density at radius 3 is 2.62 bits per heavy atom. The van der Waals surface area contributed by atoms with E-state index in [-0.39, 0.29) is 0 Å². The van der Waals surface area contributed by atoms with Gasteiger partial charge in [-0.2, -0.15) is 11.8 Å². The number of thioether (sulfide) groups is 1. The number of fused-ring (bicyclic) bond motifs is 1. The summed E-state index contributed by atoms with van der Waals surface area (Å²) < 4.78 is 0. The van der Waals surface area contributed by atoms with Crippen molar-refractivity contribution in [1.29, 1.82) is 0 Å². The highest BCUT2D eigenvalue weighted by atomic mass is 35.5. The summed E-state index contributed by atoms with van der Waals surface area (Å²) in [5, 5.41) is 4.40. The van der Waals surface area contributed by atoms with Gasteiger partial charge in [0.1, 0.15) is 0 Å². The molecule has 3 heteroatoms. The highest BCUT2D eigenvalue weighted by Crippen LogP contribution is 2.30. The van der Waals surface area contributed by atoms with Crippen molar-refractivity contribution >= 4 is 23.4 Å². The van der Waals surface area contributed by atoms with Crippen molar-refractivity contribution < 1.29 is 0 Å². The molecule has 0 aliphatic carbocycles. The lowest BCUT2D eigenvalue weighted by atomic mass is 9.98. The van der Waals surface area contributed by atoms with Crippen LogP contribution in [0, 0.1) is 0 Å². The van der Waals surface area contributed by atoms with Crippen LogP contribution < -0.4 is 5.32 Å². The molecule has 0 spiro atoms. The minimum Gasteiger partial charge on any atom is -0.316 e. The number of halogens is 1. The molecule has 0 saturated carbocycles. The summed E-state index contributed by atoms with van der Waals surface area (Å²) in [6, 6.07) is 14.9. The molecule has 3 rings (SSSR count). The molecule has 1 N–H and O–H groups in total. The van der Waals surface area contributed by atoms with Gasteiger partial charge < -0.3 is 5.32 Å². The lowest BCUT2D eigenvalue weighted by Crippen LogP contribution is -2.16. The first-order chi connectivity index (χ1) is 10.3. The zero-order chi connectivity index (χ0) is 14.5. The van der Waals surface area contributed by atoms with Gasteiger partial charge in [-0.15, -0.1) is 0 Å². The highest BCUT2D eigenvalue weighted by Gasteiger charge is 2.14. The second-order valence-electron chi connectivity index (χ2n) is 5.39. The third kappa shape index (κ3) is 3.82. The smallest absolute Gasteiger partial charge is 0.0449 e. The van der Waals surface area contributed by atoms with E-state index in [4.69, 9.17) is 11.6 Å². The molecule has 110 valence electrons. The zero-order valence-corrected chi connectivity index (χ0v) is 13.6. The molecule has 0 radical (unpaired) electrons. The molecule has 2 aromatic carbocycles.